The standard InChI is InChI=1S/C24H22FN7O3/c1-34-18-12-15(11-14-8-10-35-20(14)18)19(29-16-6-4-13(5-7-16)21(26)27)22-30-24(33)32(31-22)23-17(25)3-2-9-28-23/h2-7,9,11-12,19,29H,8,10H2,1H3,(H3,26,27)(H,30,31,33). The molecule has 0 spiro atoms. The molecule has 0 amide bonds. The zero-order chi connectivity index (χ0) is 24.5. The van der Waals surface area contributed by atoms with Crippen LogP contribution in [0.25, 0.3) is 5.82 Å². The molecule has 5 N–H and O–H groups in total. The lowest BCUT2D eigenvalue weighted by Gasteiger charge is -2.20. The molecule has 0 bridgehead atoms. The first-order valence-corrected chi connectivity index (χ1v) is 10.8. The molecule has 1 aliphatic rings. The Bertz CT molecular complexity index is 1460. The second kappa shape index (κ2) is 8.93. The number of hydrogen-bond acceptors (Lipinski definition) is 7. The van der Waals surface area contributed by atoms with Crippen molar-refractivity contribution < 1.29 is 13.9 Å². The van der Waals surface area contributed by atoms with Gasteiger partial charge >= 0.3 is 5.69 Å². The largest absolute Gasteiger partial charge is 0.493 e. The lowest BCUT2D eigenvalue weighted by molar-refractivity contribution is 0.326. The van der Waals surface area contributed by atoms with Crippen molar-refractivity contribution in [1.82, 2.24) is 19.7 Å². The van der Waals surface area contributed by atoms with Gasteiger partial charge in [0.25, 0.3) is 0 Å². The molecule has 2 aromatic carbocycles. The van der Waals surface area contributed by atoms with E-state index < -0.39 is 17.5 Å². The fourth-order valence-electron chi connectivity index (χ4n) is 3.98. The van der Waals surface area contributed by atoms with Crippen molar-refractivity contribution in [2.45, 2.75) is 12.5 Å². The van der Waals surface area contributed by atoms with Crippen LogP contribution < -0.4 is 26.2 Å². The summed E-state index contributed by atoms with van der Waals surface area (Å²) in [6.45, 7) is 0.546. The monoisotopic (exact) mass is 475 g/mol. The number of H-pyrrole nitrogens is 1. The number of nitrogens with one attached hydrogen (secondary N) is 3. The van der Waals surface area contributed by atoms with Gasteiger partial charge in [0.15, 0.2) is 29.0 Å². The molecule has 1 unspecified atom stereocenters. The van der Waals surface area contributed by atoms with Crippen LogP contribution in [0.5, 0.6) is 11.5 Å². The highest BCUT2D eigenvalue weighted by Crippen LogP contribution is 2.39. The minimum absolute atomic E-state index is 0.0445. The van der Waals surface area contributed by atoms with Crippen LogP contribution in [0.3, 0.4) is 0 Å². The molecule has 2 aromatic heterocycles. The van der Waals surface area contributed by atoms with Gasteiger partial charge in [-0.05, 0) is 54.1 Å². The first kappa shape index (κ1) is 22.1. The van der Waals surface area contributed by atoms with Crippen LogP contribution in [-0.2, 0) is 6.42 Å². The summed E-state index contributed by atoms with van der Waals surface area (Å²) in [6, 6.07) is 12.7. The van der Waals surface area contributed by atoms with Crippen LogP contribution in [0.1, 0.15) is 28.6 Å². The van der Waals surface area contributed by atoms with E-state index in [1.54, 1.807) is 31.4 Å². The van der Waals surface area contributed by atoms with Crippen molar-refractivity contribution in [2.24, 2.45) is 5.73 Å². The molecule has 11 heteroatoms. The van der Waals surface area contributed by atoms with E-state index >= 15 is 0 Å². The number of amidine groups is 1. The van der Waals surface area contributed by atoms with E-state index in [4.69, 9.17) is 20.6 Å². The summed E-state index contributed by atoms with van der Waals surface area (Å²) in [5.74, 6) is 0.577. The van der Waals surface area contributed by atoms with Crippen LogP contribution in [0.15, 0.2) is 59.5 Å². The van der Waals surface area contributed by atoms with Crippen molar-refractivity contribution in [1.29, 1.82) is 5.41 Å². The summed E-state index contributed by atoms with van der Waals surface area (Å²) in [5.41, 5.74) is 7.92. The summed E-state index contributed by atoms with van der Waals surface area (Å²) >= 11 is 0. The number of nitrogens with zero attached hydrogens (tertiary/aromatic N) is 3. The average Bonchev–Trinajstić information content (AvgIpc) is 3.49. The summed E-state index contributed by atoms with van der Waals surface area (Å²) in [4.78, 5) is 19.4. The number of hydrogen-bond donors (Lipinski definition) is 4. The molecule has 0 saturated carbocycles. The predicted molar refractivity (Wildman–Crippen MR) is 127 cm³/mol. The van der Waals surface area contributed by atoms with Gasteiger partial charge in [0.2, 0.25) is 0 Å². The third-order valence-electron chi connectivity index (χ3n) is 5.68. The third kappa shape index (κ3) is 4.19. The number of nitrogens with two attached hydrogens (primary N) is 1. The van der Waals surface area contributed by atoms with Gasteiger partial charge in [0, 0.05) is 29.4 Å². The van der Waals surface area contributed by atoms with Gasteiger partial charge in [0.05, 0.1) is 13.7 Å². The van der Waals surface area contributed by atoms with Crippen molar-refractivity contribution >= 4 is 11.5 Å². The number of anilines is 1. The number of rotatable bonds is 7. The van der Waals surface area contributed by atoms with Gasteiger partial charge in [-0.3, -0.25) is 10.4 Å². The smallest absolute Gasteiger partial charge is 0.349 e. The number of methoxy groups -OCH3 is 1. The average molecular weight is 475 g/mol. The highest BCUT2D eigenvalue weighted by molar-refractivity contribution is 5.95. The molecule has 35 heavy (non-hydrogen) atoms. The zero-order valence-corrected chi connectivity index (χ0v) is 18.7. The number of aromatic amines is 1. The third-order valence-corrected chi connectivity index (χ3v) is 5.68. The van der Waals surface area contributed by atoms with Crippen molar-refractivity contribution in [3.8, 4) is 17.3 Å². The molecule has 0 aliphatic carbocycles. The van der Waals surface area contributed by atoms with Gasteiger partial charge in [0.1, 0.15) is 11.9 Å². The second-order valence-electron chi connectivity index (χ2n) is 7.91. The molecule has 0 saturated heterocycles. The predicted octanol–water partition coefficient (Wildman–Crippen LogP) is 2.52. The van der Waals surface area contributed by atoms with E-state index in [1.807, 2.05) is 12.1 Å². The highest BCUT2D eigenvalue weighted by Gasteiger charge is 2.26. The summed E-state index contributed by atoms with van der Waals surface area (Å²) in [5, 5.41) is 15.3. The summed E-state index contributed by atoms with van der Waals surface area (Å²) in [7, 11) is 1.56. The molecule has 1 atom stereocenters. The Kier molecular flexibility index (Phi) is 5.65. The number of fused-ring (bicyclic) bond motifs is 1. The fraction of sp³-hybridized carbons (Fsp3) is 0.167. The molecule has 0 radical (unpaired) electrons. The van der Waals surface area contributed by atoms with Crippen LogP contribution in [0.2, 0.25) is 0 Å². The normalized spacial score (nSPS) is 13.1. The molecule has 0 fully saturated rings. The van der Waals surface area contributed by atoms with Crippen LogP contribution in [0, 0.1) is 11.2 Å². The minimum Gasteiger partial charge on any atom is -0.493 e. The van der Waals surface area contributed by atoms with Crippen molar-refractivity contribution in [3.63, 3.8) is 0 Å². The highest BCUT2D eigenvalue weighted by atomic mass is 19.1. The van der Waals surface area contributed by atoms with Crippen LogP contribution in [-0.4, -0.2) is 39.3 Å². The minimum atomic E-state index is -0.673. The zero-order valence-electron chi connectivity index (χ0n) is 18.7. The Labute approximate surface area is 199 Å². The second-order valence-corrected chi connectivity index (χ2v) is 7.91. The lowest BCUT2D eigenvalue weighted by atomic mass is 10.0. The van der Waals surface area contributed by atoms with E-state index in [1.165, 1.54) is 18.3 Å². The number of nitrogen functional groups attached to an aromatic ring is 1. The molecule has 4 aromatic rings. The molecule has 1 aliphatic heterocycles. The quantitative estimate of drug-likeness (QED) is 0.237. The fourth-order valence-corrected chi connectivity index (χ4v) is 3.98. The maximum atomic E-state index is 14.3. The van der Waals surface area contributed by atoms with E-state index in [0.29, 0.717) is 35.8 Å². The molecule has 10 nitrogen and oxygen atoms in total. The maximum absolute atomic E-state index is 14.3. The Balaban J connectivity index is 1.61. The Morgan fingerprint density at radius 1 is 1.31 bits per heavy atom. The van der Waals surface area contributed by atoms with Gasteiger partial charge < -0.3 is 20.5 Å². The van der Waals surface area contributed by atoms with Gasteiger partial charge in [-0.15, -0.1) is 5.10 Å². The molecular weight excluding hydrogens is 453 g/mol. The number of ether oxygens (including phenoxy) is 2. The number of aromatic nitrogens is 4. The van der Waals surface area contributed by atoms with E-state index in [0.717, 1.165) is 15.8 Å². The topological polar surface area (TPSA) is 144 Å². The summed E-state index contributed by atoms with van der Waals surface area (Å²) < 4.78 is 26.5. The van der Waals surface area contributed by atoms with Gasteiger partial charge in [-0.2, -0.15) is 4.68 Å². The molecule has 3 heterocycles. The summed E-state index contributed by atoms with van der Waals surface area (Å²) in [6.07, 6.45) is 2.10. The molecular formula is C24H22FN7O3. The van der Waals surface area contributed by atoms with Crippen molar-refractivity contribution in [3.05, 3.63) is 93.5 Å². The first-order chi connectivity index (χ1) is 16.9. The van der Waals surface area contributed by atoms with Crippen molar-refractivity contribution in [2.75, 3.05) is 19.0 Å². The maximum Gasteiger partial charge on any atom is 0.349 e. The molecule has 178 valence electrons. The van der Waals surface area contributed by atoms with Crippen LogP contribution in [0.4, 0.5) is 10.1 Å². The lowest BCUT2D eigenvalue weighted by Crippen LogP contribution is -2.18. The van der Waals surface area contributed by atoms with E-state index in [2.05, 4.69) is 20.4 Å². The first-order valence-electron chi connectivity index (χ1n) is 10.8. The van der Waals surface area contributed by atoms with Crippen LogP contribution >= 0.6 is 0 Å². The number of halogens is 1. The van der Waals surface area contributed by atoms with E-state index in [-0.39, 0.29) is 17.5 Å². The Morgan fingerprint density at radius 3 is 2.83 bits per heavy atom. The molecule has 5 rings (SSSR count). The van der Waals surface area contributed by atoms with Gasteiger partial charge in [-0.1, -0.05) is 0 Å². The number of benzene rings is 2. The van der Waals surface area contributed by atoms with Gasteiger partial charge in [-0.25, -0.2) is 14.2 Å². The Morgan fingerprint density at radius 2 is 2.11 bits per heavy atom. The Hall–Kier alpha value is -4.67. The SMILES string of the molecule is COc1cc(C(Nc2ccc(C(=N)N)cc2)c2nn(-c3ncccc3F)c(=O)[nH]2)cc2c1OCC2. The number of pyridine rings is 1. The van der Waals surface area contributed by atoms with E-state index in [9.17, 15) is 9.18 Å².